The highest BCUT2D eigenvalue weighted by Crippen LogP contribution is 2.35. The van der Waals surface area contributed by atoms with Gasteiger partial charge in [0.25, 0.3) is 0 Å². The van der Waals surface area contributed by atoms with E-state index in [9.17, 15) is 18.7 Å². The van der Waals surface area contributed by atoms with Crippen LogP contribution in [0.2, 0.25) is 0 Å². The van der Waals surface area contributed by atoms with Crippen LogP contribution in [-0.4, -0.2) is 39.5 Å². The van der Waals surface area contributed by atoms with Crippen molar-refractivity contribution >= 4 is 28.3 Å². The van der Waals surface area contributed by atoms with Gasteiger partial charge in [0.15, 0.2) is 5.82 Å². The Labute approximate surface area is 148 Å². The zero-order valence-corrected chi connectivity index (χ0v) is 14.3. The van der Waals surface area contributed by atoms with Gasteiger partial charge >= 0.3 is 5.97 Å². The Morgan fingerprint density at radius 1 is 1.23 bits per heavy atom. The van der Waals surface area contributed by atoms with Crippen LogP contribution in [0.25, 0.3) is 16.6 Å². The number of fused-ring (bicyclic) bond motifs is 3. The molecule has 136 valence electrons. The van der Waals surface area contributed by atoms with Gasteiger partial charge in [-0.05, 0) is 50.1 Å². The van der Waals surface area contributed by atoms with Crippen molar-refractivity contribution in [1.29, 1.82) is 0 Å². The maximum absolute atomic E-state index is 13.6. The summed E-state index contributed by atoms with van der Waals surface area (Å²) >= 11 is 0. The smallest absolute Gasteiger partial charge is 0.335 e. The van der Waals surface area contributed by atoms with E-state index in [0.29, 0.717) is 37.3 Å². The number of nitrogens with zero attached hydrogens (tertiary/aromatic N) is 3. The van der Waals surface area contributed by atoms with Gasteiger partial charge in [0.1, 0.15) is 0 Å². The average Bonchev–Trinajstić information content (AvgIpc) is 3.09. The second-order valence-electron chi connectivity index (χ2n) is 6.93. The summed E-state index contributed by atoms with van der Waals surface area (Å²) in [5.74, 6) is -3.57. The number of aromatic carboxylic acids is 1. The first-order valence-corrected chi connectivity index (χ1v) is 8.61. The normalized spacial score (nSPS) is 16.5. The number of halogens is 2. The molecule has 0 radical (unpaired) electrons. The van der Waals surface area contributed by atoms with Crippen LogP contribution in [0.1, 0.15) is 30.1 Å². The first-order valence-electron chi connectivity index (χ1n) is 8.61. The second kappa shape index (κ2) is 5.93. The van der Waals surface area contributed by atoms with E-state index in [-0.39, 0.29) is 5.56 Å². The third kappa shape index (κ3) is 2.77. The number of benzene rings is 1. The molecule has 1 aliphatic heterocycles. The zero-order valence-electron chi connectivity index (χ0n) is 14.3. The molecule has 0 spiro atoms. The average molecular weight is 359 g/mol. The highest BCUT2D eigenvalue weighted by molar-refractivity contribution is 5.94. The highest BCUT2D eigenvalue weighted by atomic mass is 19.3. The number of carbonyl (C=O) groups is 1. The summed E-state index contributed by atoms with van der Waals surface area (Å²) in [6.07, 6.45) is 2.72. The molecule has 0 bridgehead atoms. The first kappa shape index (κ1) is 16.8. The lowest BCUT2D eigenvalue weighted by atomic mass is 9.91. The van der Waals surface area contributed by atoms with Crippen molar-refractivity contribution in [2.24, 2.45) is 5.92 Å². The van der Waals surface area contributed by atoms with Gasteiger partial charge in [-0.2, -0.15) is 0 Å². The summed E-state index contributed by atoms with van der Waals surface area (Å²) in [6, 6.07) is 8.69. The number of hydrogen-bond donors (Lipinski definition) is 1. The molecular weight excluding hydrogens is 340 g/mol. The number of carboxylic acid groups (broad SMARTS) is 1. The summed E-state index contributed by atoms with van der Waals surface area (Å²) in [6.45, 7) is 2.00. The summed E-state index contributed by atoms with van der Waals surface area (Å²) in [5.41, 5.74) is 2.45. The lowest BCUT2D eigenvalue weighted by molar-refractivity contribution is -0.0482. The minimum absolute atomic E-state index is 0.173. The molecule has 5 nitrogen and oxygen atoms in total. The zero-order chi connectivity index (χ0) is 18.5. The molecule has 1 N–H and O–H groups in total. The Hall–Kier alpha value is -2.70. The van der Waals surface area contributed by atoms with Gasteiger partial charge < -0.3 is 14.4 Å². The predicted molar refractivity (Wildman–Crippen MR) is 95.2 cm³/mol. The Morgan fingerprint density at radius 3 is 2.62 bits per heavy atom. The van der Waals surface area contributed by atoms with Crippen LogP contribution in [-0.2, 0) is 0 Å². The van der Waals surface area contributed by atoms with Gasteiger partial charge in [-0.25, -0.2) is 18.6 Å². The van der Waals surface area contributed by atoms with Crippen molar-refractivity contribution in [1.82, 2.24) is 9.38 Å². The number of anilines is 1. The molecular formula is C19H19F2N3O2. The molecule has 0 atom stereocenters. The molecule has 1 aromatic carbocycles. The van der Waals surface area contributed by atoms with Crippen LogP contribution in [0.15, 0.2) is 36.5 Å². The van der Waals surface area contributed by atoms with Gasteiger partial charge in [-0.3, -0.25) is 0 Å². The maximum atomic E-state index is 13.6. The van der Waals surface area contributed by atoms with E-state index in [0.717, 1.165) is 18.0 Å². The number of piperidine rings is 1. The molecule has 0 saturated carbocycles. The van der Waals surface area contributed by atoms with E-state index >= 15 is 0 Å². The second-order valence-corrected chi connectivity index (χ2v) is 6.93. The third-order valence-corrected chi connectivity index (χ3v) is 5.20. The van der Waals surface area contributed by atoms with Crippen molar-refractivity contribution in [3.63, 3.8) is 0 Å². The molecule has 4 rings (SSSR count). The van der Waals surface area contributed by atoms with E-state index in [1.165, 1.54) is 0 Å². The lowest BCUT2D eigenvalue weighted by Crippen LogP contribution is -2.40. The summed E-state index contributed by atoms with van der Waals surface area (Å²) < 4.78 is 29.1. The summed E-state index contributed by atoms with van der Waals surface area (Å²) in [7, 11) is 0. The number of rotatable bonds is 3. The Morgan fingerprint density at radius 2 is 1.96 bits per heavy atom. The Bertz CT molecular complexity index is 986. The molecule has 1 saturated heterocycles. The highest BCUT2D eigenvalue weighted by Gasteiger charge is 2.36. The predicted octanol–water partition coefficient (Wildman–Crippen LogP) is 4.06. The largest absolute Gasteiger partial charge is 0.478 e. The minimum atomic E-state index is -2.66. The molecule has 1 fully saturated rings. The van der Waals surface area contributed by atoms with Crippen molar-refractivity contribution in [3.05, 3.63) is 42.1 Å². The number of hydrogen-bond acceptors (Lipinski definition) is 3. The van der Waals surface area contributed by atoms with E-state index in [4.69, 9.17) is 0 Å². The fourth-order valence-corrected chi connectivity index (χ4v) is 3.73. The molecule has 1 aliphatic rings. The van der Waals surface area contributed by atoms with Crippen LogP contribution in [0.4, 0.5) is 14.6 Å². The Kier molecular flexibility index (Phi) is 3.82. The number of alkyl halides is 2. The van der Waals surface area contributed by atoms with E-state index in [1.54, 1.807) is 18.2 Å². The van der Waals surface area contributed by atoms with E-state index < -0.39 is 17.8 Å². The van der Waals surface area contributed by atoms with Gasteiger partial charge in [-0.15, -0.1) is 0 Å². The van der Waals surface area contributed by atoms with Crippen LogP contribution >= 0.6 is 0 Å². The maximum Gasteiger partial charge on any atom is 0.335 e. The van der Waals surface area contributed by atoms with E-state index in [2.05, 4.69) is 4.98 Å². The molecule has 0 aliphatic carbocycles. The van der Waals surface area contributed by atoms with Crippen LogP contribution in [0.3, 0.4) is 0 Å². The topological polar surface area (TPSA) is 57.8 Å². The fourth-order valence-electron chi connectivity index (χ4n) is 3.73. The SMILES string of the molecule is CC(F)(F)C1CCN(c2nc3cc(C(=O)O)ccc3n3cccc23)CC1. The molecule has 26 heavy (non-hydrogen) atoms. The van der Waals surface area contributed by atoms with Gasteiger partial charge in [0, 0.05) is 25.2 Å². The molecule has 0 unspecified atom stereocenters. The molecule has 0 amide bonds. The summed E-state index contributed by atoms with van der Waals surface area (Å²) in [5, 5.41) is 9.22. The quantitative estimate of drug-likeness (QED) is 0.766. The third-order valence-electron chi connectivity index (χ3n) is 5.20. The number of aromatic nitrogens is 2. The first-order chi connectivity index (χ1) is 12.3. The molecule has 3 aromatic rings. The van der Waals surface area contributed by atoms with Gasteiger partial charge in [-0.1, -0.05) is 0 Å². The fraction of sp³-hybridized carbons (Fsp3) is 0.368. The van der Waals surface area contributed by atoms with Gasteiger partial charge in [0.2, 0.25) is 5.92 Å². The van der Waals surface area contributed by atoms with E-state index in [1.807, 2.05) is 27.6 Å². The van der Waals surface area contributed by atoms with Crippen molar-refractivity contribution in [3.8, 4) is 0 Å². The van der Waals surface area contributed by atoms with Crippen LogP contribution in [0.5, 0.6) is 0 Å². The standard InChI is InChI=1S/C19H19F2N3O2/c1-19(20,21)13-6-9-23(10-7-13)17-16-3-2-8-24(16)15-5-4-12(18(25)26)11-14(15)22-17/h2-5,8,11,13H,6-7,9-10H2,1H3,(H,25,26). The molecule has 7 heteroatoms. The van der Waals surface area contributed by atoms with Crippen molar-refractivity contribution < 1.29 is 18.7 Å². The van der Waals surface area contributed by atoms with Crippen LogP contribution < -0.4 is 4.90 Å². The monoisotopic (exact) mass is 359 g/mol. The molecule has 3 heterocycles. The summed E-state index contributed by atoms with van der Waals surface area (Å²) in [4.78, 5) is 18.0. The van der Waals surface area contributed by atoms with Crippen molar-refractivity contribution in [2.75, 3.05) is 18.0 Å². The minimum Gasteiger partial charge on any atom is -0.478 e. The number of carboxylic acids is 1. The van der Waals surface area contributed by atoms with Gasteiger partial charge in [0.05, 0.1) is 22.1 Å². The molecule has 2 aromatic heterocycles. The Balaban J connectivity index is 1.76. The van der Waals surface area contributed by atoms with Crippen molar-refractivity contribution in [2.45, 2.75) is 25.7 Å². The van der Waals surface area contributed by atoms with Crippen LogP contribution in [0, 0.1) is 5.92 Å². The lowest BCUT2D eigenvalue weighted by Gasteiger charge is -2.35.